The largest absolute Gasteiger partial charge is 0.466 e. The summed E-state index contributed by atoms with van der Waals surface area (Å²) in [6.45, 7) is 3.83. The summed E-state index contributed by atoms with van der Waals surface area (Å²) in [6, 6.07) is 3.92. The van der Waals surface area contributed by atoms with Crippen LogP contribution in [0.4, 0.5) is 8.78 Å². The van der Waals surface area contributed by atoms with E-state index in [1.54, 1.807) is 13.0 Å². The van der Waals surface area contributed by atoms with Gasteiger partial charge in [-0.1, -0.05) is 25.1 Å². The molecule has 1 aromatic carbocycles. The maximum Gasteiger partial charge on any atom is 0.310 e. The summed E-state index contributed by atoms with van der Waals surface area (Å²) in [5, 5.41) is 0. The van der Waals surface area contributed by atoms with Crippen LogP contribution in [0.15, 0.2) is 24.3 Å². The summed E-state index contributed by atoms with van der Waals surface area (Å²) >= 11 is 0. The maximum atomic E-state index is 13.6. The molecular formula is C14H16F2O2. The third-order valence-corrected chi connectivity index (χ3v) is 2.39. The number of halogens is 2. The molecule has 0 aliphatic rings. The van der Waals surface area contributed by atoms with Gasteiger partial charge in [-0.05, 0) is 25.0 Å². The molecule has 0 saturated carbocycles. The van der Waals surface area contributed by atoms with E-state index >= 15 is 0 Å². The first kappa shape index (κ1) is 14.4. The maximum absolute atomic E-state index is 13.6. The number of hydrogen-bond donors (Lipinski definition) is 0. The number of benzene rings is 1. The van der Waals surface area contributed by atoms with Crippen LogP contribution in [0.2, 0.25) is 0 Å². The zero-order valence-electron chi connectivity index (χ0n) is 10.5. The molecule has 0 radical (unpaired) electrons. The Balaban J connectivity index is 3.02. The first-order valence-electron chi connectivity index (χ1n) is 5.89. The summed E-state index contributed by atoms with van der Waals surface area (Å²) in [6.07, 6.45) is 2.28. The Morgan fingerprint density at radius 3 is 2.67 bits per heavy atom. The van der Waals surface area contributed by atoms with Gasteiger partial charge in [0.05, 0.1) is 13.0 Å². The lowest BCUT2D eigenvalue weighted by molar-refractivity contribution is -0.141. The highest BCUT2D eigenvalue weighted by molar-refractivity contribution is 5.85. The second kappa shape index (κ2) is 6.89. The molecule has 4 heteroatoms. The van der Waals surface area contributed by atoms with Crippen molar-refractivity contribution in [1.82, 2.24) is 0 Å². The fraction of sp³-hybridized carbons (Fsp3) is 0.357. The van der Waals surface area contributed by atoms with Crippen molar-refractivity contribution in [2.45, 2.75) is 26.7 Å². The zero-order valence-corrected chi connectivity index (χ0v) is 10.5. The van der Waals surface area contributed by atoms with Gasteiger partial charge < -0.3 is 4.74 Å². The Morgan fingerprint density at radius 2 is 2.06 bits per heavy atom. The minimum absolute atomic E-state index is 0.0535. The minimum atomic E-state index is -0.929. The van der Waals surface area contributed by atoms with Gasteiger partial charge in [0.15, 0.2) is 11.6 Å². The number of hydrogen-bond acceptors (Lipinski definition) is 2. The molecule has 0 aliphatic heterocycles. The van der Waals surface area contributed by atoms with E-state index in [4.69, 9.17) is 4.74 Å². The van der Waals surface area contributed by atoms with Gasteiger partial charge in [-0.3, -0.25) is 4.79 Å². The van der Waals surface area contributed by atoms with E-state index in [0.29, 0.717) is 12.0 Å². The summed E-state index contributed by atoms with van der Waals surface area (Å²) < 4.78 is 31.6. The van der Waals surface area contributed by atoms with E-state index in [0.717, 1.165) is 6.07 Å². The summed E-state index contributed by atoms with van der Waals surface area (Å²) in [4.78, 5) is 11.4. The fourth-order valence-electron chi connectivity index (χ4n) is 1.64. The van der Waals surface area contributed by atoms with E-state index in [2.05, 4.69) is 0 Å². The Morgan fingerprint density at radius 1 is 1.33 bits per heavy atom. The third-order valence-electron chi connectivity index (χ3n) is 2.39. The van der Waals surface area contributed by atoms with Gasteiger partial charge in [-0.15, -0.1) is 0 Å². The number of ether oxygens (including phenoxy) is 1. The van der Waals surface area contributed by atoms with Crippen molar-refractivity contribution in [2.75, 3.05) is 6.61 Å². The monoisotopic (exact) mass is 254 g/mol. The average Bonchev–Trinajstić information content (AvgIpc) is 2.32. The highest BCUT2D eigenvalue weighted by Gasteiger charge is 2.15. The van der Waals surface area contributed by atoms with Crippen LogP contribution in [0.3, 0.4) is 0 Å². The molecule has 0 saturated heterocycles. The standard InChI is InChI=1S/C14H16F2O2/c1-3-6-10(9-13(17)18-4-2)11-7-5-8-12(15)14(11)16/h5-8H,3-4,9H2,1-2H3. The highest BCUT2D eigenvalue weighted by Crippen LogP contribution is 2.24. The number of allylic oxidation sites excluding steroid dienone is 1. The molecule has 18 heavy (non-hydrogen) atoms. The average molecular weight is 254 g/mol. The molecule has 1 rings (SSSR count). The molecule has 0 spiro atoms. The summed E-state index contributed by atoms with van der Waals surface area (Å²) in [7, 11) is 0. The lowest BCUT2D eigenvalue weighted by Gasteiger charge is -2.09. The quantitative estimate of drug-likeness (QED) is 0.749. The molecule has 0 aliphatic carbocycles. The van der Waals surface area contributed by atoms with Crippen LogP contribution in [0.1, 0.15) is 32.3 Å². The molecule has 0 atom stereocenters. The van der Waals surface area contributed by atoms with Crippen LogP contribution in [-0.2, 0) is 9.53 Å². The van der Waals surface area contributed by atoms with E-state index in [1.165, 1.54) is 12.1 Å². The molecule has 98 valence electrons. The van der Waals surface area contributed by atoms with Crippen molar-refractivity contribution in [3.8, 4) is 0 Å². The molecule has 0 aromatic heterocycles. The predicted molar refractivity (Wildman–Crippen MR) is 65.9 cm³/mol. The number of esters is 1. The lowest BCUT2D eigenvalue weighted by atomic mass is 10.0. The highest BCUT2D eigenvalue weighted by atomic mass is 19.2. The zero-order chi connectivity index (χ0) is 13.5. The van der Waals surface area contributed by atoms with Crippen molar-refractivity contribution in [3.05, 3.63) is 41.5 Å². The summed E-state index contributed by atoms with van der Waals surface area (Å²) in [5.74, 6) is -2.29. The van der Waals surface area contributed by atoms with Crippen LogP contribution in [0.5, 0.6) is 0 Å². The van der Waals surface area contributed by atoms with Gasteiger partial charge in [0.25, 0.3) is 0 Å². The topological polar surface area (TPSA) is 26.3 Å². The Labute approximate surface area is 105 Å². The normalized spacial score (nSPS) is 11.4. The van der Waals surface area contributed by atoms with Crippen LogP contribution >= 0.6 is 0 Å². The summed E-state index contributed by atoms with van der Waals surface area (Å²) in [5.41, 5.74) is 0.567. The van der Waals surface area contributed by atoms with Crippen molar-refractivity contribution in [2.24, 2.45) is 0 Å². The van der Waals surface area contributed by atoms with Crippen molar-refractivity contribution in [3.63, 3.8) is 0 Å². The van der Waals surface area contributed by atoms with Crippen molar-refractivity contribution < 1.29 is 18.3 Å². The number of carbonyl (C=O) groups excluding carboxylic acids is 1. The van der Waals surface area contributed by atoms with Crippen molar-refractivity contribution in [1.29, 1.82) is 0 Å². The van der Waals surface area contributed by atoms with Gasteiger partial charge in [0, 0.05) is 5.56 Å². The van der Waals surface area contributed by atoms with Gasteiger partial charge >= 0.3 is 5.97 Å². The van der Waals surface area contributed by atoms with E-state index in [9.17, 15) is 13.6 Å². The van der Waals surface area contributed by atoms with E-state index in [1.807, 2.05) is 6.92 Å². The predicted octanol–water partition coefficient (Wildman–Crippen LogP) is 3.71. The van der Waals surface area contributed by atoms with Crippen LogP contribution < -0.4 is 0 Å². The molecule has 0 fully saturated rings. The van der Waals surface area contributed by atoms with Gasteiger partial charge in [0.1, 0.15) is 0 Å². The minimum Gasteiger partial charge on any atom is -0.466 e. The second-order valence-corrected chi connectivity index (χ2v) is 3.72. The Bertz CT molecular complexity index is 453. The van der Waals surface area contributed by atoms with Crippen LogP contribution in [0.25, 0.3) is 5.57 Å². The number of carbonyl (C=O) groups is 1. The van der Waals surface area contributed by atoms with Crippen molar-refractivity contribution >= 4 is 11.5 Å². The lowest BCUT2D eigenvalue weighted by Crippen LogP contribution is -2.06. The molecular weight excluding hydrogens is 238 g/mol. The molecule has 0 N–H and O–H groups in total. The van der Waals surface area contributed by atoms with E-state index in [-0.39, 0.29) is 18.6 Å². The Hall–Kier alpha value is -1.71. The van der Waals surface area contributed by atoms with Gasteiger partial charge in [0.2, 0.25) is 0 Å². The molecule has 1 aromatic rings. The third kappa shape index (κ3) is 3.65. The second-order valence-electron chi connectivity index (χ2n) is 3.72. The first-order valence-corrected chi connectivity index (χ1v) is 5.89. The molecule has 0 bridgehead atoms. The fourth-order valence-corrected chi connectivity index (χ4v) is 1.64. The Kier molecular flexibility index (Phi) is 5.49. The van der Waals surface area contributed by atoms with Gasteiger partial charge in [-0.2, -0.15) is 0 Å². The molecule has 2 nitrogen and oxygen atoms in total. The van der Waals surface area contributed by atoms with Crippen LogP contribution in [0, 0.1) is 11.6 Å². The molecule has 0 unspecified atom stereocenters. The molecule has 0 amide bonds. The van der Waals surface area contributed by atoms with Gasteiger partial charge in [-0.25, -0.2) is 8.78 Å². The smallest absolute Gasteiger partial charge is 0.310 e. The SMILES string of the molecule is CCC=C(CC(=O)OCC)c1cccc(F)c1F. The molecule has 0 heterocycles. The first-order chi connectivity index (χ1) is 8.60. The number of rotatable bonds is 5. The van der Waals surface area contributed by atoms with Crippen LogP contribution in [-0.4, -0.2) is 12.6 Å². The van der Waals surface area contributed by atoms with E-state index < -0.39 is 17.6 Å².